The van der Waals surface area contributed by atoms with Gasteiger partial charge in [-0.15, -0.1) is 0 Å². The molecule has 1 aromatic carbocycles. The molecule has 1 fully saturated rings. The minimum absolute atomic E-state index is 0.107. The molecule has 2 rings (SSSR count). The number of hydrogen-bond acceptors (Lipinski definition) is 6. The van der Waals surface area contributed by atoms with E-state index in [-0.39, 0.29) is 11.7 Å². The fourth-order valence-corrected chi connectivity index (χ4v) is 2.21. The van der Waals surface area contributed by atoms with Gasteiger partial charge in [0.1, 0.15) is 5.75 Å². The highest BCUT2D eigenvalue weighted by Gasteiger charge is 2.23. The zero-order chi connectivity index (χ0) is 15.2. The zero-order valence-corrected chi connectivity index (χ0v) is 11.9. The van der Waals surface area contributed by atoms with Crippen molar-refractivity contribution in [3.8, 4) is 5.75 Å². The topological polar surface area (TPSA) is 82.5 Å². The summed E-state index contributed by atoms with van der Waals surface area (Å²) in [4.78, 5) is 19.5. The van der Waals surface area contributed by atoms with E-state index in [1.165, 1.54) is 6.07 Å². The molecule has 0 unspecified atom stereocenters. The summed E-state index contributed by atoms with van der Waals surface area (Å²) in [6, 6.07) is 6.37. The SMILES string of the molecule is CCON1CCN(C(=O)c2cccc(OB(O)O)c2)CC1. The molecule has 0 bridgehead atoms. The van der Waals surface area contributed by atoms with Crippen molar-refractivity contribution in [2.75, 3.05) is 32.8 Å². The smallest absolute Gasteiger partial charge is 0.512 e. The minimum Gasteiger partial charge on any atom is -0.512 e. The Morgan fingerprint density at radius 3 is 2.62 bits per heavy atom. The average molecular weight is 294 g/mol. The van der Waals surface area contributed by atoms with E-state index in [0.29, 0.717) is 38.3 Å². The summed E-state index contributed by atoms with van der Waals surface area (Å²) in [6.07, 6.45) is 0. The Labute approximate surface area is 123 Å². The van der Waals surface area contributed by atoms with Gasteiger partial charge >= 0.3 is 7.32 Å². The molecule has 0 atom stereocenters. The summed E-state index contributed by atoms with van der Waals surface area (Å²) in [7, 11) is -1.90. The van der Waals surface area contributed by atoms with E-state index < -0.39 is 7.32 Å². The van der Waals surface area contributed by atoms with Crippen molar-refractivity contribution in [3.63, 3.8) is 0 Å². The summed E-state index contributed by atoms with van der Waals surface area (Å²) < 4.78 is 4.75. The van der Waals surface area contributed by atoms with Gasteiger partial charge in [-0.1, -0.05) is 6.07 Å². The van der Waals surface area contributed by atoms with Crippen LogP contribution in [0.3, 0.4) is 0 Å². The van der Waals surface area contributed by atoms with Gasteiger partial charge in [0.05, 0.1) is 6.61 Å². The van der Waals surface area contributed by atoms with Crippen molar-refractivity contribution in [2.45, 2.75) is 6.92 Å². The van der Waals surface area contributed by atoms with Gasteiger partial charge in [0, 0.05) is 31.7 Å². The maximum absolute atomic E-state index is 12.4. The normalized spacial score (nSPS) is 15.9. The van der Waals surface area contributed by atoms with Gasteiger partial charge in [-0.25, -0.2) is 0 Å². The van der Waals surface area contributed by atoms with E-state index in [0.717, 1.165) is 0 Å². The van der Waals surface area contributed by atoms with Crippen LogP contribution in [0.5, 0.6) is 5.75 Å². The Morgan fingerprint density at radius 2 is 2.00 bits per heavy atom. The van der Waals surface area contributed by atoms with Crippen LogP contribution in [0.25, 0.3) is 0 Å². The van der Waals surface area contributed by atoms with Gasteiger partial charge in [0.15, 0.2) is 0 Å². The zero-order valence-electron chi connectivity index (χ0n) is 11.9. The predicted molar refractivity (Wildman–Crippen MR) is 76.4 cm³/mol. The third-order valence-electron chi connectivity index (χ3n) is 3.16. The van der Waals surface area contributed by atoms with Crippen molar-refractivity contribution in [1.82, 2.24) is 9.96 Å². The van der Waals surface area contributed by atoms with Gasteiger partial charge in [-0.2, -0.15) is 5.06 Å². The Kier molecular flexibility index (Phi) is 5.57. The molecule has 21 heavy (non-hydrogen) atoms. The van der Waals surface area contributed by atoms with Gasteiger partial charge in [0.2, 0.25) is 0 Å². The second kappa shape index (κ2) is 7.42. The van der Waals surface area contributed by atoms with Crippen molar-refractivity contribution >= 4 is 13.2 Å². The number of benzene rings is 1. The first kappa shape index (κ1) is 15.8. The number of amides is 1. The first-order chi connectivity index (χ1) is 10.1. The van der Waals surface area contributed by atoms with Crippen molar-refractivity contribution in [2.24, 2.45) is 0 Å². The van der Waals surface area contributed by atoms with Gasteiger partial charge in [0.25, 0.3) is 5.91 Å². The Balaban J connectivity index is 1.97. The molecule has 1 saturated heterocycles. The minimum atomic E-state index is -1.90. The number of hydroxylamine groups is 2. The second-order valence-electron chi connectivity index (χ2n) is 4.61. The van der Waals surface area contributed by atoms with Gasteiger partial charge < -0.3 is 19.6 Å². The highest BCUT2D eigenvalue weighted by molar-refractivity contribution is 6.33. The molecular formula is C13H19BN2O5. The lowest BCUT2D eigenvalue weighted by Crippen LogP contribution is -2.48. The molecule has 1 aliphatic rings. The quantitative estimate of drug-likeness (QED) is 0.728. The molecule has 2 N–H and O–H groups in total. The van der Waals surface area contributed by atoms with E-state index in [1.807, 2.05) is 12.0 Å². The summed E-state index contributed by atoms with van der Waals surface area (Å²) in [5.74, 6) is 0.132. The summed E-state index contributed by atoms with van der Waals surface area (Å²) >= 11 is 0. The molecule has 7 nitrogen and oxygen atoms in total. The van der Waals surface area contributed by atoms with Crippen LogP contribution in [0, 0.1) is 0 Å². The summed E-state index contributed by atoms with van der Waals surface area (Å²) in [6.45, 7) is 5.07. The van der Waals surface area contributed by atoms with Crippen LogP contribution in [0.2, 0.25) is 0 Å². The molecule has 0 saturated carbocycles. The highest BCUT2D eigenvalue weighted by Crippen LogP contribution is 2.16. The molecule has 1 amide bonds. The molecule has 8 heteroatoms. The lowest BCUT2D eigenvalue weighted by Gasteiger charge is -2.33. The van der Waals surface area contributed by atoms with Crippen LogP contribution in [0.1, 0.15) is 17.3 Å². The van der Waals surface area contributed by atoms with E-state index >= 15 is 0 Å². The Bertz CT molecular complexity index is 477. The molecule has 0 radical (unpaired) electrons. The maximum atomic E-state index is 12.4. The number of rotatable bonds is 5. The number of nitrogens with zero attached hydrogens (tertiary/aromatic N) is 2. The molecule has 0 aromatic heterocycles. The van der Waals surface area contributed by atoms with Crippen LogP contribution in [0.4, 0.5) is 0 Å². The first-order valence-electron chi connectivity index (χ1n) is 6.90. The number of carbonyl (C=O) groups excluding carboxylic acids is 1. The van der Waals surface area contributed by atoms with Crippen molar-refractivity contribution < 1.29 is 24.3 Å². The lowest BCUT2D eigenvalue weighted by molar-refractivity contribution is -0.169. The number of hydrogen-bond donors (Lipinski definition) is 2. The van der Waals surface area contributed by atoms with E-state index in [9.17, 15) is 4.79 Å². The molecule has 1 heterocycles. The van der Waals surface area contributed by atoms with Crippen LogP contribution in [0.15, 0.2) is 24.3 Å². The van der Waals surface area contributed by atoms with E-state index in [1.54, 1.807) is 23.1 Å². The summed E-state index contributed by atoms with van der Waals surface area (Å²) in [5, 5.41) is 19.4. The number of carbonyl (C=O) groups is 1. The lowest BCUT2D eigenvalue weighted by atomic mass is 10.1. The van der Waals surface area contributed by atoms with Crippen LogP contribution < -0.4 is 4.65 Å². The van der Waals surface area contributed by atoms with Crippen LogP contribution in [-0.2, 0) is 4.84 Å². The molecule has 0 aliphatic carbocycles. The molecular weight excluding hydrogens is 275 g/mol. The second-order valence-corrected chi connectivity index (χ2v) is 4.61. The highest BCUT2D eigenvalue weighted by atomic mass is 16.7. The Morgan fingerprint density at radius 1 is 1.29 bits per heavy atom. The molecule has 1 aromatic rings. The van der Waals surface area contributed by atoms with Crippen LogP contribution in [-0.4, -0.2) is 66.0 Å². The molecule has 0 spiro atoms. The molecule has 114 valence electrons. The number of piperazine rings is 1. The van der Waals surface area contributed by atoms with Crippen molar-refractivity contribution in [3.05, 3.63) is 29.8 Å². The Hall–Kier alpha value is -1.61. The van der Waals surface area contributed by atoms with Gasteiger partial charge in [-0.3, -0.25) is 9.63 Å². The fraction of sp³-hybridized carbons (Fsp3) is 0.462. The molecule has 1 aliphatic heterocycles. The third kappa shape index (κ3) is 4.43. The predicted octanol–water partition coefficient (Wildman–Crippen LogP) is -0.256. The fourth-order valence-electron chi connectivity index (χ4n) is 2.21. The largest absolute Gasteiger partial charge is 0.707 e. The maximum Gasteiger partial charge on any atom is 0.707 e. The summed E-state index contributed by atoms with van der Waals surface area (Å²) in [5.41, 5.74) is 0.456. The first-order valence-corrected chi connectivity index (χ1v) is 6.90. The van der Waals surface area contributed by atoms with E-state index in [4.69, 9.17) is 19.5 Å². The monoisotopic (exact) mass is 294 g/mol. The third-order valence-corrected chi connectivity index (χ3v) is 3.16. The van der Waals surface area contributed by atoms with Crippen molar-refractivity contribution in [1.29, 1.82) is 0 Å². The van der Waals surface area contributed by atoms with Gasteiger partial charge in [-0.05, 0) is 25.1 Å². The average Bonchev–Trinajstić information content (AvgIpc) is 2.47. The van der Waals surface area contributed by atoms with Crippen LogP contribution >= 0.6 is 0 Å². The van der Waals surface area contributed by atoms with E-state index in [2.05, 4.69) is 0 Å². The standard InChI is InChI=1S/C13H19BN2O5/c1-2-20-16-8-6-15(7-9-16)13(17)11-4-3-5-12(10-11)21-14(18)19/h3-5,10,18-19H,2,6-9H2,1H3.